The first-order chi connectivity index (χ1) is 5.60. The Kier molecular flexibility index (Phi) is 6.39. The number of hydrogen-bond acceptors (Lipinski definition) is 2. The average Bonchev–Trinajstić information content (AvgIpc) is 2.03. The van der Waals surface area contributed by atoms with Crippen molar-refractivity contribution in [2.45, 2.75) is 33.6 Å². The van der Waals surface area contributed by atoms with Crippen molar-refractivity contribution in [1.82, 2.24) is 0 Å². The van der Waals surface area contributed by atoms with Gasteiger partial charge in [0.2, 0.25) is 0 Å². The fourth-order valence-electron chi connectivity index (χ4n) is 1.62. The predicted octanol–water partition coefficient (Wildman–Crippen LogP) is 1.66. The van der Waals surface area contributed by atoms with E-state index in [1.54, 1.807) is 0 Å². The molecule has 2 heteroatoms. The third-order valence-corrected chi connectivity index (χ3v) is 2.23. The molecule has 0 unspecified atom stereocenters. The molecule has 0 spiro atoms. The molecule has 0 heterocycles. The van der Waals surface area contributed by atoms with Gasteiger partial charge in [-0.05, 0) is 30.6 Å². The summed E-state index contributed by atoms with van der Waals surface area (Å²) >= 11 is 0. The van der Waals surface area contributed by atoms with E-state index in [1.807, 2.05) is 0 Å². The highest BCUT2D eigenvalue weighted by Gasteiger charge is 2.10. The van der Waals surface area contributed by atoms with Crippen molar-refractivity contribution >= 4 is 0 Å². The summed E-state index contributed by atoms with van der Waals surface area (Å²) < 4.78 is 0. The maximum Gasteiger partial charge on any atom is 0.0456 e. The van der Waals surface area contributed by atoms with Crippen LogP contribution in [0.4, 0.5) is 0 Å². The number of aliphatic hydroxyl groups is 2. The minimum absolute atomic E-state index is 0.276. The molecule has 0 amide bonds. The molecule has 0 bridgehead atoms. The zero-order chi connectivity index (χ0) is 9.56. The van der Waals surface area contributed by atoms with E-state index in [0.717, 1.165) is 12.8 Å². The molecule has 0 saturated heterocycles. The summed E-state index contributed by atoms with van der Waals surface area (Å²) in [4.78, 5) is 0. The van der Waals surface area contributed by atoms with Gasteiger partial charge in [-0.1, -0.05) is 20.8 Å². The van der Waals surface area contributed by atoms with Crippen LogP contribution in [0, 0.1) is 17.8 Å². The van der Waals surface area contributed by atoms with Gasteiger partial charge in [0.25, 0.3) is 0 Å². The predicted molar refractivity (Wildman–Crippen MR) is 50.9 cm³/mol. The Hall–Kier alpha value is -0.0800. The molecule has 2 atom stereocenters. The van der Waals surface area contributed by atoms with E-state index in [-0.39, 0.29) is 13.2 Å². The molecule has 12 heavy (non-hydrogen) atoms. The van der Waals surface area contributed by atoms with Crippen LogP contribution < -0.4 is 0 Å². The summed E-state index contributed by atoms with van der Waals surface area (Å²) in [7, 11) is 0. The highest BCUT2D eigenvalue weighted by molar-refractivity contribution is 4.62. The third kappa shape index (κ3) is 5.56. The Labute approximate surface area is 75.6 Å². The van der Waals surface area contributed by atoms with Gasteiger partial charge in [-0.2, -0.15) is 0 Å². The molecular formula is C10H22O2. The zero-order valence-electron chi connectivity index (χ0n) is 8.45. The first kappa shape index (κ1) is 11.9. The van der Waals surface area contributed by atoms with Crippen LogP contribution in [0.25, 0.3) is 0 Å². The van der Waals surface area contributed by atoms with Gasteiger partial charge in [0.1, 0.15) is 0 Å². The Morgan fingerprint density at radius 2 is 1.08 bits per heavy atom. The van der Waals surface area contributed by atoms with Crippen molar-refractivity contribution in [3.63, 3.8) is 0 Å². The van der Waals surface area contributed by atoms with Crippen molar-refractivity contribution in [2.75, 3.05) is 13.2 Å². The molecule has 0 saturated carbocycles. The maximum atomic E-state index is 8.83. The normalized spacial score (nSPS) is 16.5. The van der Waals surface area contributed by atoms with Crippen LogP contribution >= 0.6 is 0 Å². The van der Waals surface area contributed by atoms with E-state index in [0.29, 0.717) is 17.8 Å². The number of hydrogen-bond donors (Lipinski definition) is 2. The van der Waals surface area contributed by atoms with Crippen molar-refractivity contribution in [1.29, 1.82) is 0 Å². The van der Waals surface area contributed by atoms with E-state index in [2.05, 4.69) is 20.8 Å². The molecule has 0 aliphatic carbocycles. The lowest BCUT2D eigenvalue weighted by Gasteiger charge is -2.18. The standard InChI is InChI=1S/C10H22O2/c1-8(4-9(2)6-11)5-10(3)7-12/h8-12H,4-7H2,1-3H3/t9-,10-/m1/s1. The second kappa shape index (κ2) is 6.44. The van der Waals surface area contributed by atoms with Crippen molar-refractivity contribution < 1.29 is 10.2 Å². The van der Waals surface area contributed by atoms with Gasteiger partial charge in [0, 0.05) is 13.2 Å². The summed E-state index contributed by atoms with van der Waals surface area (Å²) in [5.74, 6) is 1.39. The molecule has 74 valence electrons. The van der Waals surface area contributed by atoms with E-state index in [4.69, 9.17) is 10.2 Å². The molecule has 0 rings (SSSR count). The highest BCUT2D eigenvalue weighted by Crippen LogP contribution is 2.18. The fourth-order valence-corrected chi connectivity index (χ4v) is 1.62. The van der Waals surface area contributed by atoms with Gasteiger partial charge < -0.3 is 10.2 Å². The van der Waals surface area contributed by atoms with Crippen LogP contribution in [0.15, 0.2) is 0 Å². The molecule has 0 aliphatic rings. The van der Waals surface area contributed by atoms with Crippen LogP contribution in [0.2, 0.25) is 0 Å². The van der Waals surface area contributed by atoms with Crippen LogP contribution in [0.1, 0.15) is 33.6 Å². The minimum Gasteiger partial charge on any atom is -0.396 e. The Balaban J connectivity index is 3.51. The van der Waals surface area contributed by atoms with E-state index >= 15 is 0 Å². The first-order valence-electron chi connectivity index (χ1n) is 4.81. The topological polar surface area (TPSA) is 40.5 Å². The molecule has 0 aromatic carbocycles. The molecule has 0 aromatic heterocycles. The average molecular weight is 174 g/mol. The Morgan fingerprint density at radius 1 is 0.750 bits per heavy atom. The molecule has 0 radical (unpaired) electrons. The smallest absolute Gasteiger partial charge is 0.0456 e. The summed E-state index contributed by atoms with van der Waals surface area (Å²) in [6.07, 6.45) is 2.11. The minimum atomic E-state index is 0.276. The van der Waals surface area contributed by atoms with Gasteiger partial charge in [-0.3, -0.25) is 0 Å². The van der Waals surface area contributed by atoms with Crippen LogP contribution in [-0.2, 0) is 0 Å². The Bertz CT molecular complexity index is 92.0. The van der Waals surface area contributed by atoms with Crippen LogP contribution in [0.5, 0.6) is 0 Å². The lowest BCUT2D eigenvalue weighted by atomic mass is 9.90. The third-order valence-electron chi connectivity index (χ3n) is 2.23. The lowest BCUT2D eigenvalue weighted by Crippen LogP contribution is -2.11. The second-order valence-electron chi connectivity index (χ2n) is 4.15. The van der Waals surface area contributed by atoms with Gasteiger partial charge in [-0.25, -0.2) is 0 Å². The number of rotatable bonds is 6. The Morgan fingerprint density at radius 3 is 1.33 bits per heavy atom. The first-order valence-corrected chi connectivity index (χ1v) is 4.81. The van der Waals surface area contributed by atoms with E-state index < -0.39 is 0 Å². The van der Waals surface area contributed by atoms with Gasteiger partial charge in [0.15, 0.2) is 0 Å². The molecule has 0 aromatic rings. The quantitative estimate of drug-likeness (QED) is 0.643. The SMILES string of the molecule is CC(C[C@@H](C)CO)C[C@@H](C)CO. The van der Waals surface area contributed by atoms with E-state index in [9.17, 15) is 0 Å². The summed E-state index contributed by atoms with van der Waals surface area (Å²) in [5, 5.41) is 17.7. The van der Waals surface area contributed by atoms with E-state index in [1.165, 1.54) is 0 Å². The highest BCUT2D eigenvalue weighted by atomic mass is 16.3. The van der Waals surface area contributed by atoms with Gasteiger partial charge in [0.05, 0.1) is 0 Å². The van der Waals surface area contributed by atoms with Gasteiger partial charge >= 0.3 is 0 Å². The zero-order valence-corrected chi connectivity index (χ0v) is 8.45. The second-order valence-corrected chi connectivity index (χ2v) is 4.15. The molecular weight excluding hydrogens is 152 g/mol. The van der Waals surface area contributed by atoms with Gasteiger partial charge in [-0.15, -0.1) is 0 Å². The van der Waals surface area contributed by atoms with Crippen LogP contribution in [-0.4, -0.2) is 23.4 Å². The summed E-state index contributed by atoms with van der Waals surface area (Å²) in [5.41, 5.74) is 0. The summed E-state index contributed by atoms with van der Waals surface area (Å²) in [6, 6.07) is 0. The largest absolute Gasteiger partial charge is 0.396 e. The molecule has 2 N–H and O–H groups in total. The maximum absolute atomic E-state index is 8.83. The van der Waals surface area contributed by atoms with Crippen LogP contribution in [0.3, 0.4) is 0 Å². The fraction of sp³-hybridized carbons (Fsp3) is 1.00. The molecule has 0 fully saturated rings. The lowest BCUT2D eigenvalue weighted by molar-refractivity contribution is 0.185. The van der Waals surface area contributed by atoms with Crippen molar-refractivity contribution in [3.05, 3.63) is 0 Å². The van der Waals surface area contributed by atoms with Crippen molar-refractivity contribution in [3.8, 4) is 0 Å². The molecule has 2 nitrogen and oxygen atoms in total. The number of aliphatic hydroxyl groups excluding tert-OH is 2. The summed E-state index contributed by atoms with van der Waals surface area (Å²) in [6.45, 7) is 6.84. The molecule has 0 aliphatic heterocycles. The van der Waals surface area contributed by atoms with Crippen molar-refractivity contribution in [2.24, 2.45) is 17.8 Å². The monoisotopic (exact) mass is 174 g/mol.